The molecule has 24 heavy (non-hydrogen) atoms. The number of halogens is 1. The normalized spacial score (nSPS) is 20.4. The minimum absolute atomic E-state index is 0. The maximum absolute atomic E-state index is 12.4. The molecule has 5 nitrogen and oxygen atoms in total. The zero-order valence-corrected chi connectivity index (χ0v) is 15.3. The van der Waals surface area contributed by atoms with Crippen LogP contribution >= 0.6 is 12.4 Å². The molecule has 2 fully saturated rings. The Labute approximate surface area is 151 Å². The standard InChI is InChI=1S/C18H28N4O.ClH/c1-14-2-3-17(20-12-14)21-18(23)16-6-10-22(11-7-16)13-15-4-8-19-9-5-15;/h2-3,12,15-16,19H,4-11,13H2,1H3,(H,20,21,23);1H. The van der Waals surface area contributed by atoms with Crippen LogP contribution in [0.1, 0.15) is 31.2 Å². The van der Waals surface area contributed by atoms with Crippen molar-refractivity contribution in [3.8, 4) is 0 Å². The van der Waals surface area contributed by atoms with Crippen molar-refractivity contribution < 1.29 is 4.79 Å². The van der Waals surface area contributed by atoms with Crippen LogP contribution in [-0.2, 0) is 4.79 Å². The zero-order valence-electron chi connectivity index (χ0n) is 14.5. The number of nitrogens with one attached hydrogen (secondary N) is 2. The number of piperidine rings is 2. The highest BCUT2D eigenvalue weighted by molar-refractivity contribution is 5.91. The third-order valence-electron chi connectivity index (χ3n) is 5.10. The van der Waals surface area contributed by atoms with Crippen molar-refractivity contribution in [1.82, 2.24) is 15.2 Å². The van der Waals surface area contributed by atoms with Gasteiger partial charge in [-0.3, -0.25) is 4.79 Å². The Morgan fingerprint density at radius 1 is 1.25 bits per heavy atom. The molecule has 3 rings (SSSR count). The van der Waals surface area contributed by atoms with Crippen LogP contribution in [0.15, 0.2) is 18.3 Å². The molecule has 2 saturated heterocycles. The number of aryl methyl sites for hydroxylation is 1. The summed E-state index contributed by atoms with van der Waals surface area (Å²) in [6, 6.07) is 3.85. The molecule has 0 aliphatic carbocycles. The van der Waals surface area contributed by atoms with Gasteiger partial charge in [-0.05, 0) is 76.3 Å². The first-order valence-corrected chi connectivity index (χ1v) is 8.87. The highest BCUT2D eigenvalue weighted by Crippen LogP contribution is 2.22. The van der Waals surface area contributed by atoms with Crippen LogP contribution in [0.4, 0.5) is 5.82 Å². The Morgan fingerprint density at radius 3 is 2.58 bits per heavy atom. The van der Waals surface area contributed by atoms with Gasteiger partial charge in [0.25, 0.3) is 0 Å². The molecule has 0 unspecified atom stereocenters. The summed E-state index contributed by atoms with van der Waals surface area (Å²) in [5.74, 6) is 1.75. The number of rotatable bonds is 4. The second-order valence-corrected chi connectivity index (χ2v) is 6.98. The van der Waals surface area contributed by atoms with Gasteiger partial charge < -0.3 is 15.5 Å². The number of nitrogens with zero attached hydrogens (tertiary/aromatic N) is 2. The van der Waals surface area contributed by atoms with Crippen LogP contribution in [-0.4, -0.2) is 48.5 Å². The highest BCUT2D eigenvalue weighted by atomic mass is 35.5. The van der Waals surface area contributed by atoms with Crippen LogP contribution in [0.2, 0.25) is 0 Å². The molecule has 2 aliphatic heterocycles. The van der Waals surface area contributed by atoms with Crippen LogP contribution in [0.25, 0.3) is 0 Å². The third kappa shape index (κ3) is 5.43. The minimum Gasteiger partial charge on any atom is -0.317 e. The fourth-order valence-corrected chi connectivity index (χ4v) is 3.58. The summed E-state index contributed by atoms with van der Waals surface area (Å²) >= 11 is 0. The SMILES string of the molecule is Cc1ccc(NC(=O)C2CCN(CC3CCNCC3)CC2)nc1.Cl. The summed E-state index contributed by atoms with van der Waals surface area (Å²) in [5, 5.41) is 6.38. The van der Waals surface area contributed by atoms with E-state index >= 15 is 0 Å². The van der Waals surface area contributed by atoms with E-state index in [9.17, 15) is 4.79 Å². The molecule has 0 radical (unpaired) electrons. The summed E-state index contributed by atoms with van der Waals surface area (Å²) < 4.78 is 0. The molecule has 2 N–H and O–H groups in total. The van der Waals surface area contributed by atoms with Crippen LogP contribution in [0, 0.1) is 18.8 Å². The third-order valence-corrected chi connectivity index (χ3v) is 5.10. The number of aromatic nitrogens is 1. The molecular formula is C18H29ClN4O. The van der Waals surface area contributed by atoms with Gasteiger partial charge in [-0.15, -0.1) is 12.4 Å². The van der Waals surface area contributed by atoms with E-state index in [2.05, 4.69) is 20.5 Å². The van der Waals surface area contributed by atoms with Crippen molar-refractivity contribution in [3.63, 3.8) is 0 Å². The molecular weight excluding hydrogens is 324 g/mol. The van der Waals surface area contributed by atoms with Gasteiger partial charge >= 0.3 is 0 Å². The van der Waals surface area contributed by atoms with E-state index in [1.807, 2.05) is 19.1 Å². The van der Waals surface area contributed by atoms with E-state index in [1.54, 1.807) is 6.20 Å². The molecule has 3 heterocycles. The quantitative estimate of drug-likeness (QED) is 0.874. The lowest BCUT2D eigenvalue weighted by molar-refractivity contribution is -0.121. The molecule has 1 aromatic rings. The van der Waals surface area contributed by atoms with E-state index in [0.29, 0.717) is 5.82 Å². The smallest absolute Gasteiger partial charge is 0.228 e. The second-order valence-electron chi connectivity index (χ2n) is 6.98. The minimum atomic E-state index is 0. The molecule has 1 amide bonds. The van der Waals surface area contributed by atoms with Gasteiger partial charge in [0.05, 0.1) is 0 Å². The summed E-state index contributed by atoms with van der Waals surface area (Å²) in [6.45, 7) is 7.61. The van der Waals surface area contributed by atoms with Crippen molar-refractivity contribution in [3.05, 3.63) is 23.9 Å². The van der Waals surface area contributed by atoms with E-state index in [0.717, 1.165) is 50.5 Å². The van der Waals surface area contributed by atoms with Crippen molar-refractivity contribution >= 4 is 24.1 Å². The fourth-order valence-electron chi connectivity index (χ4n) is 3.58. The first-order valence-electron chi connectivity index (χ1n) is 8.87. The van der Waals surface area contributed by atoms with Gasteiger partial charge in [0, 0.05) is 18.7 Å². The van der Waals surface area contributed by atoms with Crippen LogP contribution in [0.3, 0.4) is 0 Å². The maximum Gasteiger partial charge on any atom is 0.228 e. The molecule has 1 aromatic heterocycles. The first-order chi connectivity index (χ1) is 11.2. The van der Waals surface area contributed by atoms with Crippen molar-refractivity contribution in [2.75, 3.05) is 38.0 Å². The number of carbonyl (C=O) groups is 1. The number of hydrogen-bond acceptors (Lipinski definition) is 4. The molecule has 6 heteroatoms. The summed E-state index contributed by atoms with van der Waals surface area (Å²) in [6.07, 6.45) is 6.29. The van der Waals surface area contributed by atoms with Gasteiger partial charge in [-0.2, -0.15) is 0 Å². The number of hydrogen-bond donors (Lipinski definition) is 2. The fraction of sp³-hybridized carbons (Fsp3) is 0.667. The van der Waals surface area contributed by atoms with Gasteiger partial charge in [-0.25, -0.2) is 4.98 Å². The average molecular weight is 353 g/mol. The predicted molar refractivity (Wildman–Crippen MR) is 99.6 cm³/mol. The summed E-state index contributed by atoms with van der Waals surface area (Å²) in [4.78, 5) is 19.2. The summed E-state index contributed by atoms with van der Waals surface area (Å²) in [5.41, 5.74) is 1.11. The van der Waals surface area contributed by atoms with Gasteiger partial charge in [0.15, 0.2) is 0 Å². The van der Waals surface area contributed by atoms with Gasteiger partial charge in [0.2, 0.25) is 5.91 Å². The first kappa shape index (κ1) is 19.2. The average Bonchev–Trinajstić information content (AvgIpc) is 2.58. The molecule has 134 valence electrons. The zero-order chi connectivity index (χ0) is 16.1. The molecule has 0 aromatic carbocycles. The van der Waals surface area contributed by atoms with Crippen molar-refractivity contribution in [2.24, 2.45) is 11.8 Å². The highest BCUT2D eigenvalue weighted by Gasteiger charge is 2.26. The van der Waals surface area contributed by atoms with Crippen molar-refractivity contribution in [1.29, 1.82) is 0 Å². The second kappa shape index (κ2) is 9.35. The Bertz CT molecular complexity index is 508. The Hall–Kier alpha value is -1.17. The van der Waals surface area contributed by atoms with E-state index < -0.39 is 0 Å². The molecule has 0 saturated carbocycles. The molecule has 0 spiro atoms. The van der Waals surface area contributed by atoms with Crippen LogP contribution < -0.4 is 10.6 Å². The summed E-state index contributed by atoms with van der Waals surface area (Å²) in [7, 11) is 0. The monoisotopic (exact) mass is 352 g/mol. The number of carbonyl (C=O) groups excluding carboxylic acids is 1. The van der Waals surface area contributed by atoms with E-state index in [1.165, 1.54) is 19.4 Å². The lowest BCUT2D eigenvalue weighted by Crippen LogP contribution is -2.42. The topological polar surface area (TPSA) is 57.3 Å². The van der Waals surface area contributed by atoms with Gasteiger partial charge in [-0.1, -0.05) is 6.07 Å². The largest absolute Gasteiger partial charge is 0.317 e. The molecule has 0 atom stereocenters. The Morgan fingerprint density at radius 2 is 1.96 bits per heavy atom. The predicted octanol–water partition coefficient (Wildman–Crippen LogP) is 2.46. The Kier molecular flexibility index (Phi) is 7.46. The lowest BCUT2D eigenvalue weighted by atomic mass is 9.93. The maximum atomic E-state index is 12.4. The van der Waals surface area contributed by atoms with Gasteiger partial charge in [0.1, 0.15) is 5.82 Å². The number of anilines is 1. The van der Waals surface area contributed by atoms with E-state index in [4.69, 9.17) is 0 Å². The Balaban J connectivity index is 0.00000208. The number of likely N-dealkylation sites (tertiary alicyclic amines) is 1. The number of pyridine rings is 1. The van der Waals surface area contributed by atoms with Crippen LogP contribution in [0.5, 0.6) is 0 Å². The molecule has 0 bridgehead atoms. The molecule has 2 aliphatic rings. The lowest BCUT2D eigenvalue weighted by Gasteiger charge is -2.35. The van der Waals surface area contributed by atoms with E-state index in [-0.39, 0.29) is 24.2 Å². The van der Waals surface area contributed by atoms with Crippen molar-refractivity contribution in [2.45, 2.75) is 32.6 Å². The number of amides is 1.